The lowest BCUT2D eigenvalue weighted by atomic mass is 9.77. The van der Waals surface area contributed by atoms with Gasteiger partial charge >= 0.3 is 0 Å². The van der Waals surface area contributed by atoms with Crippen molar-refractivity contribution in [2.45, 2.75) is 109 Å². The summed E-state index contributed by atoms with van der Waals surface area (Å²) < 4.78 is 0. The maximum atomic E-state index is 4.82. The first kappa shape index (κ1) is 22.6. The summed E-state index contributed by atoms with van der Waals surface area (Å²) in [7, 11) is 0. The highest BCUT2D eigenvalue weighted by molar-refractivity contribution is 5.27. The van der Waals surface area contributed by atoms with Crippen LogP contribution in [0.1, 0.15) is 119 Å². The fraction of sp³-hybridized carbons (Fsp3) is 0.633. The average Bonchev–Trinajstić information content (AvgIpc) is 2.84. The quantitative estimate of drug-likeness (QED) is 0.419. The van der Waals surface area contributed by atoms with Gasteiger partial charge in [-0.25, -0.2) is 0 Å². The van der Waals surface area contributed by atoms with Crippen LogP contribution in [0.15, 0.2) is 42.6 Å². The fourth-order valence-electron chi connectivity index (χ4n) is 6.15. The maximum Gasteiger partial charge on any atom is 0.0407 e. The number of pyridine rings is 1. The third-order valence-corrected chi connectivity index (χ3v) is 8.41. The van der Waals surface area contributed by atoms with Gasteiger partial charge in [0.25, 0.3) is 0 Å². The van der Waals surface area contributed by atoms with Crippen molar-refractivity contribution < 1.29 is 0 Å². The second-order valence-electron chi connectivity index (χ2n) is 10.5. The van der Waals surface area contributed by atoms with Crippen LogP contribution < -0.4 is 0 Å². The van der Waals surface area contributed by atoms with E-state index in [1.807, 2.05) is 0 Å². The molecule has 168 valence electrons. The zero-order valence-corrected chi connectivity index (χ0v) is 20.0. The van der Waals surface area contributed by atoms with Crippen molar-refractivity contribution in [2.75, 3.05) is 0 Å². The summed E-state index contributed by atoms with van der Waals surface area (Å²) >= 11 is 0. The first-order valence-electron chi connectivity index (χ1n) is 13.3. The Bertz CT molecular complexity index is 759. The summed E-state index contributed by atoms with van der Waals surface area (Å²) in [6, 6.07) is 14.2. The van der Waals surface area contributed by atoms with Gasteiger partial charge in [-0.2, -0.15) is 0 Å². The van der Waals surface area contributed by atoms with Gasteiger partial charge in [-0.15, -0.1) is 0 Å². The molecule has 2 aliphatic rings. The van der Waals surface area contributed by atoms with Gasteiger partial charge in [0.2, 0.25) is 0 Å². The van der Waals surface area contributed by atoms with E-state index < -0.39 is 0 Å². The van der Waals surface area contributed by atoms with Gasteiger partial charge in [-0.1, -0.05) is 63.4 Å². The van der Waals surface area contributed by atoms with Crippen LogP contribution in [0.3, 0.4) is 0 Å². The first-order chi connectivity index (χ1) is 15.2. The molecular weight excluding hydrogens is 374 g/mol. The normalized spacial score (nSPS) is 26.6. The molecule has 1 heteroatoms. The Morgan fingerprint density at radius 1 is 0.677 bits per heavy atom. The largest absolute Gasteiger partial charge is 0.261 e. The molecule has 1 heterocycles. The van der Waals surface area contributed by atoms with Gasteiger partial charge in [0.15, 0.2) is 0 Å². The van der Waals surface area contributed by atoms with Crippen LogP contribution in [0.2, 0.25) is 0 Å². The molecule has 0 unspecified atom stereocenters. The number of rotatable bonds is 8. The van der Waals surface area contributed by atoms with E-state index in [1.165, 1.54) is 87.4 Å². The summed E-state index contributed by atoms with van der Waals surface area (Å²) in [6.07, 6.45) is 19.6. The Kier molecular flexibility index (Phi) is 8.22. The Balaban J connectivity index is 1.24. The molecule has 31 heavy (non-hydrogen) atoms. The van der Waals surface area contributed by atoms with Gasteiger partial charge in [0.05, 0.1) is 0 Å². The molecule has 0 aliphatic heterocycles. The van der Waals surface area contributed by atoms with E-state index in [0.29, 0.717) is 0 Å². The maximum absolute atomic E-state index is 4.82. The Morgan fingerprint density at radius 3 is 1.87 bits per heavy atom. The summed E-state index contributed by atoms with van der Waals surface area (Å²) in [5.41, 5.74) is 5.73. The smallest absolute Gasteiger partial charge is 0.0407 e. The highest BCUT2D eigenvalue weighted by Gasteiger charge is 2.22. The third-order valence-electron chi connectivity index (χ3n) is 8.41. The summed E-state index contributed by atoms with van der Waals surface area (Å²) in [5, 5.41) is 0. The summed E-state index contributed by atoms with van der Waals surface area (Å²) in [4.78, 5) is 4.82. The summed E-state index contributed by atoms with van der Waals surface area (Å²) in [6.45, 7) is 4.67. The zero-order valence-electron chi connectivity index (χ0n) is 20.0. The number of hydrogen-bond acceptors (Lipinski definition) is 1. The highest BCUT2D eigenvalue weighted by atomic mass is 14.7. The zero-order chi connectivity index (χ0) is 21.5. The second-order valence-corrected chi connectivity index (χ2v) is 10.5. The van der Waals surface area contributed by atoms with Crippen LogP contribution in [-0.2, 0) is 12.8 Å². The van der Waals surface area contributed by atoms with Crippen molar-refractivity contribution >= 4 is 0 Å². The molecule has 1 nitrogen and oxygen atoms in total. The molecule has 0 spiro atoms. The minimum absolute atomic E-state index is 0.744. The van der Waals surface area contributed by atoms with E-state index in [2.05, 4.69) is 56.4 Å². The molecule has 0 atom stereocenters. The van der Waals surface area contributed by atoms with Gasteiger partial charge < -0.3 is 0 Å². The van der Waals surface area contributed by atoms with Crippen molar-refractivity contribution in [3.8, 4) is 0 Å². The fourth-order valence-corrected chi connectivity index (χ4v) is 6.15. The molecule has 4 rings (SSSR count). The monoisotopic (exact) mass is 417 g/mol. The van der Waals surface area contributed by atoms with Crippen LogP contribution in [0.4, 0.5) is 0 Å². The molecule has 2 aliphatic carbocycles. The second kappa shape index (κ2) is 11.3. The molecule has 1 aromatic heterocycles. The van der Waals surface area contributed by atoms with Crippen LogP contribution in [0.25, 0.3) is 0 Å². The SMILES string of the molecule is CCCC1CCC(c2ccc(CCc3ccc(C4CCC(CC)CC4)cn3)cc2)CC1. The number of hydrogen-bond donors (Lipinski definition) is 0. The molecule has 0 saturated heterocycles. The van der Waals surface area contributed by atoms with Crippen LogP contribution >= 0.6 is 0 Å². The minimum Gasteiger partial charge on any atom is -0.261 e. The molecule has 0 radical (unpaired) electrons. The lowest BCUT2D eigenvalue weighted by molar-refractivity contribution is 0.308. The number of aromatic nitrogens is 1. The Hall–Kier alpha value is -1.63. The van der Waals surface area contributed by atoms with Crippen LogP contribution in [0, 0.1) is 11.8 Å². The molecule has 2 fully saturated rings. The topological polar surface area (TPSA) is 12.9 Å². The first-order valence-corrected chi connectivity index (χ1v) is 13.3. The van der Waals surface area contributed by atoms with Crippen molar-refractivity contribution in [1.82, 2.24) is 4.98 Å². The Labute approximate surface area is 191 Å². The molecule has 1 aromatic carbocycles. The lowest BCUT2D eigenvalue weighted by Crippen LogP contribution is -2.13. The minimum atomic E-state index is 0.744. The van der Waals surface area contributed by atoms with Crippen molar-refractivity contribution in [1.29, 1.82) is 0 Å². The molecule has 0 amide bonds. The van der Waals surface area contributed by atoms with Crippen molar-refractivity contribution in [2.24, 2.45) is 11.8 Å². The van der Waals surface area contributed by atoms with Crippen molar-refractivity contribution in [3.63, 3.8) is 0 Å². The van der Waals surface area contributed by atoms with Crippen LogP contribution in [0.5, 0.6) is 0 Å². The van der Waals surface area contributed by atoms with Gasteiger partial charge in [0.1, 0.15) is 0 Å². The third kappa shape index (κ3) is 6.21. The predicted molar refractivity (Wildman–Crippen MR) is 133 cm³/mol. The van der Waals surface area contributed by atoms with Gasteiger partial charge in [-0.3, -0.25) is 4.98 Å². The lowest BCUT2D eigenvalue weighted by Gasteiger charge is -2.28. The predicted octanol–water partition coefficient (Wildman–Crippen LogP) is 8.62. The van der Waals surface area contributed by atoms with E-state index in [-0.39, 0.29) is 0 Å². The highest BCUT2D eigenvalue weighted by Crippen LogP contribution is 2.38. The number of nitrogens with zero attached hydrogens (tertiary/aromatic N) is 1. The van der Waals surface area contributed by atoms with E-state index >= 15 is 0 Å². The molecule has 2 saturated carbocycles. The van der Waals surface area contributed by atoms with Crippen molar-refractivity contribution in [3.05, 3.63) is 65.0 Å². The van der Waals surface area contributed by atoms with Gasteiger partial charge in [0, 0.05) is 11.9 Å². The number of aryl methyl sites for hydroxylation is 2. The van der Waals surface area contributed by atoms with E-state index in [9.17, 15) is 0 Å². The standard InChI is InChI=1S/C30H43N/c1-3-5-24-8-15-26(16-9-24)27-17-10-25(11-18-27)12-20-30-21-19-29(22-31-30)28-13-6-23(4-2)7-14-28/h10-11,17-19,21-24,26,28H,3-9,12-16,20H2,1-2H3. The van der Waals surface area contributed by atoms with E-state index in [0.717, 1.165) is 36.5 Å². The summed E-state index contributed by atoms with van der Waals surface area (Å²) in [5.74, 6) is 3.49. The van der Waals surface area contributed by atoms with E-state index in [1.54, 1.807) is 5.56 Å². The average molecular weight is 418 g/mol. The molecule has 0 N–H and O–H groups in total. The Morgan fingerprint density at radius 2 is 1.29 bits per heavy atom. The molecule has 0 bridgehead atoms. The molecule has 2 aromatic rings. The number of benzene rings is 1. The van der Waals surface area contributed by atoms with Gasteiger partial charge in [-0.05, 0) is 111 Å². The van der Waals surface area contributed by atoms with E-state index in [4.69, 9.17) is 4.98 Å². The molecular formula is C30H43N. The van der Waals surface area contributed by atoms with Crippen LogP contribution in [-0.4, -0.2) is 4.98 Å².